The molecular weight excluding hydrogens is 408 g/mol. The number of fused-ring (bicyclic) bond motifs is 1. The highest BCUT2D eigenvalue weighted by Gasteiger charge is 2.49. The highest BCUT2D eigenvalue weighted by molar-refractivity contribution is 5.87. The summed E-state index contributed by atoms with van der Waals surface area (Å²) in [5.74, 6) is 1.09. The summed E-state index contributed by atoms with van der Waals surface area (Å²) in [6.45, 7) is 13.8. The smallest absolute Gasteiger partial charge is 0.333 e. The summed E-state index contributed by atoms with van der Waals surface area (Å²) in [5, 5.41) is 21.5. The van der Waals surface area contributed by atoms with Crippen molar-refractivity contribution >= 4 is 5.97 Å². The molecule has 2 fully saturated rings. The molecule has 1 heterocycles. The molecule has 3 rings (SSSR count). The summed E-state index contributed by atoms with van der Waals surface area (Å²) < 4.78 is 17.7. The van der Waals surface area contributed by atoms with Gasteiger partial charge in [-0.15, -0.1) is 0 Å². The van der Waals surface area contributed by atoms with Crippen LogP contribution in [0.25, 0.3) is 0 Å². The van der Waals surface area contributed by atoms with Crippen molar-refractivity contribution in [3.63, 3.8) is 0 Å². The molecule has 2 N–H and O–H groups in total. The van der Waals surface area contributed by atoms with Crippen molar-refractivity contribution in [3.8, 4) is 0 Å². The Labute approximate surface area is 193 Å². The van der Waals surface area contributed by atoms with Crippen LogP contribution >= 0.6 is 0 Å². The molecule has 0 aromatic rings. The van der Waals surface area contributed by atoms with E-state index in [9.17, 15) is 15.0 Å². The monoisotopic (exact) mass is 450 g/mol. The highest BCUT2D eigenvalue weighted by atomic mass is 16.7. The van der Waals surface area contributed by atoms with Crippen LogP contribution in [0.15, 0.2) is 22.8 Å². The molecule has 182 valence electrons. The molecule has 0 aromatic carbocycles. The Morgan fingerprint density at radius 3 is 2.50 bits per heavy atom. The van der Waals surface area contributed by atoms with Gasteiger partial charge in [0, 0.05) is 5.57 Å². The van der Waals surface area contributed by atoms with Gasteiger partial charge >= 0.3 is 5.97 Å². The van der Waals surface area contributed by atoms with Crippen LogP contribution < -0.4 is 0 Å². The van der Waals surface area contributed by atoms with Crippen LogP contribution in [0.1, 0.15) is 80.6 Å². The summed E-state index contributed by atoms with van der Waals surface area (Å²) >= 11 is 0. The van der Waals surface area contributed by atoms with Crippen molar-refractivity contribution < 1.29 is 29.2 Å². The van der Waals surface area contributed by atoms with E-state index in [1.165, 1.54) is 18.4 Å². The third kappa shape index (κ3) is 5.14. The van der Waals surface area contributed by atoms with Gasteiger partial charge in [0.05, 0.1) is 11.7 Å². The maximum Gasteiger partial charge on any atom is 0.333 e. The lowest BCUT2D eigenvalue weighted by Gasteiger charge is -2.45. The minimum Gasteiger partial charge on any atom is -0.453 e. The minimum atomic E-state index is -1.28. The van der Waals surface area contributed by atoms with Crippen molar-refractivity contribution in [3.05, 3.63) is 22.8 Å². The zero-order valence-electron chi connectivity index (χ0n) is 20.8. The molecule has 0 spiro atoms. The lowest BCUT2D eigenvalue weighted by molar-refractivity contribution is -0.323. The second-order valence-electron chi connectivity index (χ2n) is 10.7. The molecule has 8 unspecified atom stereocenters. The Kier molecular flexibility index (Phi) is 7.91. The number of allylic oxidation sites excluding steroid dienone is 3. The first-order chi connectivity index (χ1) is 15.0. The van der Waals surface area contributed by atoms with Gasteiger partial charge in [0.2, 0.25) is 0 Å². The topological polar surface area (TPSA) is 85.2 Å². The van der Waals surface area contributed by atoms with Gasteiger partial charge in [-0.2, -0.15) is 0 Å². The quantitative estimate of drug-likeness (QED) is 0.369. The average Bonchev–Trinajstić information content (AvgIpc) is 3.01. The number of hydrogen-bond donors (Lipinski definition) is 2. The van der Waals surface area contributed by atoms with E-state index in [0.29, 0.717) is 23.3 Å². The highest BCUT2D eigenvalue weighted by Crippen LogP contribution is 2.48. The summed E-state index contributed by atoms with van der Waals surface area (Å²) in [6, 6.07) is 0. The van der Waals surface area contributed by atoms with Crippen LogP contribution in [-0.2, 0) is 19.0 Å². The van der Waals surface area contributed by atoms with E-state index in [0.717, 1.165) is 19.3 Å². The van der Waals surface area contributed by atoms with Crippen molar-refractivity contribution in [2.45, 2.75) is 117 Å². The molecule has 8 atom stereocenters. The van der Waals surface area contributed by atoms with Gasteiger partial charge < -0.3 is 24.4 Å². The van der Waals surface area contributed by atoms with Crippen LogP contribution in [0, 0.1) is 17.8 Å². The van der Waals surface area contributed by atoms with Gasteiger partial charge in [-0.3, -0.25) is 0 Å². The van der Waals surface area contributed by atoms with E-state index in [1.807, 2.05) is 0 Å². The maximum atomic E-state index is 12.3. The van der Waals surface area contributed by atoms with Gasteiger partial charge in [-0.05, 0) is 91.4 Å². The molecule has 0 bridgehead atoms. The second kappa shape index (κ2) is 9.96. The largest absolute Gasteiger partial charge is 0.453 e. The SMILES string of the molecule is CC=C(C)C(=O)OC1C(O)C(C)OC(OC(C)(C)C2CCC(C)C3CCC(C)=C3C2)C1O. The number of carbonyl (C=O) groups excluding carboxylic acids is 1. The van der Waals surface area contributed by atoms with Crippen molar-refractivity contribution in [2.75, 3.05) is 0 Å². The van der Waals surface area contributed by atoms with E-state index >= 15 is 0 Å². The molecule has 1 aliphatic heterocycles. The minimum absolute atomic E-state index is 0.294. The van der Waals surface area contributed by atoms with Crippen LogP contribution in [0.5, 0.6) is 0 Å². The molecule has 1 saturated heterocycles. The summed E-state index contributed by atoms with van der Waals surface area (Å²) in [6.07, 6.45) is 2.17. The number of rotatable bonds is 5. The standard InChI is InChI=1S/C26H42O6/c1-8-14(2)24(29)31-23-21(27)17(5)30-25(22(23)28)32-26(6,7)18-11-9-15(3)19-12-10-16(4)20(19)13-18/h8,15,17-19,21-23,25,27-28H,9-13H2,1-7H3. The number of carbonyl (C=O) groups is 1. The number of ether oxygens (including phenoxy) is 3. The number of aliphatic hydroxyl groups excluding tert-OH is 2. The van der Waals surface area contributed by atoms with Crippen LogP contribution in [0.3, 0.4) is 0 Å². The van der Waals surface area contributed by atoms with E-state index in [-0.39, 0.29) is 0 Å². The third-order valence-corrected chi connectivity index (χ3v) is 8.13. The van der Waals surface area contributed by atoms with E-state index in [2.05, 4.69) is 27.7 Å². The number of esters is 1. The molecule has 0 aromatic heterocycles. The zero-order valence-corrected chi connectivity index (χ0v) is 20.8. The van der Waals surface area contributed by atoms with Gasteiger partial charge in [-0.1, -0.05) is 24.1 Å². The zero-order chi connectivity index (χ0) is 23.8. The van der Waals surface area contributed by atoms with Crippen LogP contribution in [-0.4, -0.2) is 52.5 Å². The van der Waals surface area contributed by atoms with Gasteiger partial charge in [0.25, 0.3) is 0 Å². The Hall–Kier alpha value is -1.21. The van der Waals surface area contributed by atoms with Crippen LogP contribution in [0.2, 0.25) is 0 Å². The lowest BCUT2D eigenvalue weighted by Crippen LogP contribution is -2.60. The predicted molar refractivity (Wildman–Crippen MR) is 123 cm³/mol. The fraction of sp³-hybridized carbons (Fsp3) is 0.808. The summed E-state index contributed by atoms with van der Waals surface area (Å²) in [4.78, 5) is 12.3. The molecule has 3 aliphatic rings. The molecular formula is C26H42O6. The number of hydrogen-bond acceptors (Lipinski definition) is 6. The average molecular weight is 451 g/mol. The van der Waals surface area contributed by atoms with Gasteiger partial charge in [0.1, 0.15) is 12.2 Å². The molecule has 6 heteroatoms. The molecule has 0 amide bonds. The lowest BCUT2D eigenvalue weighted by atomic mass is 9.82. The van der Waals surface area contributed by atoms with Crippen molar-refractivity contribution in [1.29, 1.82) is 0 Å². The third-order valence-electron chi connectivity index (χ3n) is 8.13. The van der Waals surface area contributed by atoms with E-state index < -0.39 is 42.3 Å². The summed E-state index contributed by atoms with van der Waals surface area (Å²) in [7, 11) is 0. The molecule has 2 aliphatic carbocycles. The van der Waals surface area contributed by atoms with E-state index in [4.69, 9.17) is 14.2 Å². The molecule has 6 nitrogen and oxygen atoms in total. The first-order valence-electron chi connectivity index (χ1n) is 12.2. The second-order valence-corrected chi connectivity index (χ2v) is 10.7. The van der Waals surface area contributed by atoms with Gasteiger partial charge in [-0.25, -0.2) is 4.79 Å². The Morgan fingerprint density at radius 1 is 1.16 bits per heavy atom. The number of aliphatic hydroxyl groups is 2. The first kappa shape index (κ1) is 25.4. The fourth-order valence-electron chi connectivity index (χ4n) is 5.57. The molecule has 0 radical (unpaired) electrons. The van der Waals surface area contributed by atoms with E-state index in [1.54, 1.807) is 32.4 Å². The first-order valence-corrected chi connectivity index (χ1v) is 12.2. The van der Waals surface area contributed by atoms with Crippen molar-refractivity contribution in [2.24, 2.45) is 17.8 Å². The Balaban J connectivity index is 1.75. The molecule has 32 heavy (non-hydrogen) atoms. The maximum absolute atomic E-state index is 12.3. The fourth-order valence-corrected chi connectivity index (χ4v) is 5.57. The van der Waals surface area contributed by atoms with Gasteiger partial charge in [0.15, 0.2) is 12.4 Å². The summed E-state index contributed by atoms with van der Waals surface area (Å²) in [5.41, 5.74) is 3.00. The van der Waals surface area contributed by atoms with Crippen molar-refractivity contribution in [1.82, 2.24) is 0 Å². The Bertz CT molecular complexity index is 753. The predicted octanol–water partition coefficient (Wildman–Crippen LogP) is 4.29. The Morgan fingerprint density at radius 2 is 1.84 bits per heavy atom. The molecule has 1 saturated carbocycles. The van der Waals surface area contributed by atoms with Crippen LogP contribution in [0.4, 0.5) is 0 Å². The normalized spacial score (nSPS) is 39.0.